The van der Waals surface area contributed by atoms with Crippen molar-refractivity contribution in [1.29, 1.82) is 0 Å². The lowest BCUT2D eigenvalue weighted by molar-refractivity contribution is -0.110. The highest BCUT2D eigenvalue weighted by molar-refractivity contribution is 6.35. The Kier molecular flexibility index (Phi) is 9.70. The van der Waals surface area contributed by atoms with Crippen LogP contribution < -0.4 is 10.6 Å². The van der Waals surface area contributed by atoms with Crippen LogP contribution >= 0.6 is 0 Å². The number of amides is 3. The number of nitrogens with one attached hydrogen (secondary N) is 3. The third-order valence-corrected chi connectivity index (χ3v) is 9.80. The number of carbonyl (C=O) groups excluding carboxylic acids is 3. The smallest absolute Gasteiger partial charge is 0.256 e. The fourth-order valence-electron chi connectivity index (χ4n) is 7.00. The second-order valence-electron chi connectivity index (χ2n) is 12.8. The molecule has 3 N–H and O–H groups in total. The van der Waals surface area contributed by atoms with Crippen LogP contribution in [0, 0.1) is 13.8 Å². The van der Waals surface area contributed by atoms with E-state index in [1.54, 1.807) is 24.3 Å². The van der Waals surface area contributed by atoms with Gasteiger partial charge in [0.1, 0.15) is 0 Å². The zero-order valence-corrected chi connectivity index (χ0v) is 27.3. The number of carbonyl (C=O) groups is 3. The number of nitrogens with zero attached hydrogens (tertiary/aromatic N) is 3. The minimum atomic E-state index is -0.233. The molecular weight excluding hydrogens is 576 g/mol. The molecule has 3 aliphatic rings. The molecule has 242 valence electrons. The molecule has 9 nitrogen and oxygen atoms in total. The van der Waals surface area contributed by atoms with Gasteiger partial charge < -0.3 is 25.4 Å². The Balaban J connectivity index is 1.14. The van der Waals surface area contributed by atoms with Crippen molar-refractivity contribution in [3.05, 3.63) is 87.7 Å². The average Bonchev–Trinajstić information content (AvgIpc) is 3.55. The first-order chi connectivity index (χ1) is 22.3. The number of hydrogen-bond donors (Lipinski definition) is 3. The van der Waals surface area contributed by atoms with E-state index in [4.69, 9.17) is 0 Å². The van der Waals surface area contributed by atoms with Gasteiger partial charge in [-0.15, -0.1) is 0 Å². The quantitative estimate of drug-likeness (QED) is 0.283. The molecule has 2 saturated heterocycles. The predicted molar refractivity (Wildman–Crippen MR) is 183 cm³/mol. The number of likely N-dealkylation sites (tertiary alicyclic amines) is 1. The van der Waals surface area contributed by atoms with Crippen LogP contribution in [0.1, 0.15) is 87.4 Å². The molecule has 1 atom stereocenters. The maximum atomic E-state index is 13.7. The number of piperidine rings is 1. The minimum Gasteiger partial charge on any atom is -0.358 e. The highest BCUT2D eigenvalue weighted by atomic mass is 16.2. The summed E-state index contributed by atoms with van der Waals surface area (Å²) in [5.41, 5.74) is 6.35. The molecule has 2 aromatic carbocycles. The highest BCUT2D eigenvalue weighted by Gasteiger charge is 2.29. The molecule has 4 heterocycles. The van der Waals surface area contributed by atoms with Crippen molar-refractivity contribution in [2.75, 3.05) is 57.7 Å². The van der Waals surface area contributed by atoms with Crippen LogP contribution in [0.25, 0.3) is 11.6 Å². The number of benzene rings is 2. The Labute approximate surface area is 272 Å². The summed E-state index contributed by atoms with van der Waals surface area (Å²) < 4.78 is 0. The lowest BCUT2D eigenvalue weighted by Gasteiger charge is -2.36. The largest absolute Gasteiger partial charge is 0.358 e. The summed E-state index contributed by atoms with van der Waals surface area (Å²) >= 11 is 0. The molecule has 2 fully saturated rings. The zero-order valence-electron chi connectivity index (χ0n) is 27.3. The molecule has 0 spiro atoms. The van der Waals surface area contributed by atoms with Crippen LogP contribution in [-0.2, 0) is 4.79 Å². The average molecular weight is 623 g/mol. The first-order valence-electron chi connectivity index (χ1n) is 16.8. The van der Waals surface area contributed by atoms with Crippen LogP contribution in [0.15, 0.2) is 48.5 Å². The van der Waals surface area contributed by atoms with Gasteiger partial charge in [-0.2, -0.15) is 0 Å². The maximum Gasteiger partial charge on any atom is 0.256 e. The Morgan fingerprint density at radius 3 is 2.30 bits per heavy atom. The van der Waals surface area contributed by atoms with Gasteiger partial charge in [0.15, 0.2) is 0 Å². The highest BCUT2D eigenvalue weighted by Crippen LogP contribution is 2.35. The van der Waals surface area contributed by atoms with Crippen LogP contribution in [0.3, 0.4) is 0 Å². The van der Waals surface area contributed by atoms with E-state index < -0.39 is 0 Å². The van der Waals surface area contributed by atoms with Crippen molar-refractivity contribution in [3.63, 3.8) is 0 Å². The standard InChI is InChI=1S/C37H46N6O3/c1-4-31(27-11-7-5-8-12-27)39-35(44)28-13-14-32-29(23-28)30(36(45)40-32)24-33-25(2)34(26(3)38-33)37(46)43-21-19-42(20-22-43)18-17-41-15-9-6-10-16-41/h5,7-8,11-14,23-24,31,38H,4,6,9-10,15-22H2,1-3H3,(H,39,44)(H,40,45)/t31-/m1/s1. The van der Waals surface area contributed by atoms with Gasteiger partial charge in [0, 0.05) is 67.5 Å². The fourth-order valence-corrected chi connectivity index (χ4v) is 7.00. The number of fused-ring (bicyclic) bond motifs is 1. The summed E-state index contributed by atoms with van der Waals surface area (Å²) in [7, 11) is 0. The molecule has 3 aromatic rings. The number of anilines is 1. The minimum absolute atomic E-state index is 0.0331. The molecule has 0 bridgehead atoms. The third kappa shape index (κ3) is 6.81. The normalized spacial score (nSPS) is 18.8. The van der Waals surface area contributed by atoms with E-state index in [0.717, 1.165) is 55.1 Å². The molecule has 3 aliphatic heterocycles. The van der Waals surface area contributed by atoms with Crippen LogP contribution in [0.2, 0.25) is 0 Å². The summed E-state index contributed by atoms with van der Waals surface area (Å²) in [4.78, 5) is 50.5. The predicted octanol–water partition coefficient (Wildman–Crippen LogP) is 5.25. The van der Waals surface area contributed by atoms with E-state index in [1.165, 1.54) is 32.4 Å². The molecule has 9 heteroatoms. The number of aromatic nitrogens is 1. The van der Waals surface area contributed by atoms with Crippen LogP contribution in [-0.4, -0.2) is 89.8 Å². The molecule has 0 saturated carbocycles. The third-order valence-electron chi connectivity index (χ3n) is 9.80. The summed E-state index contributed by atoms with van der Waals surface area (Å²) in [6.07, 6.45) is 6.52. The van der Waals surface area contributed by atoms with Gasteiger partial charge in [-0.05, 0) is 81.6 Å². The van der Waals surface area contributed by atoms with Gasteiger partial charge in [-0.3, -0.25) is 19.3 Å². The topological polar surface area (TPSA) is 101 Å². The first kappa shape index (κ1) is 31.8. The lowest BCUT2D eigenvalue weighted by Crippen LogP contribution is -2.50. The van der Waals surface area contributed by atoms with E-state index in [1.807, 2.05) is 56.0 Å². The van der Waals surface area contributed by atoms with Gasteiger partial charge in [-0.25, -0.2) is 0 Å². The SMILES string of the molecule is CC[C@@H](NC(=O)c1ccc2c(c1)C(=Cc1[nH]c(C)c(C(=O)N3CCN(CCN4CCCCC4)CC3)c1C)C(=O)N2)c1ccccc1. The Bertz CT molecular complexity index is 1610. The molecule has 46 heavy (non-hydrogen) atoms. The Morgan fingerprint density at radius 1 is 0.913 bits per heavy atom. The summed E-state index contributed by atoms with van der Waals surface area (Å²) in [5.74, 6) is -0.391. The van der Waals surface area contributed by atoms with Gasteiger partial charge in [0.2, 0.25) is 0 Å². The number of aromatic amines is 1. The molecule has 6 rings (SSSR count). The van der Waals surface area contributed by atoms with Gasteiger partial charge in [-0.1, -0.05) is 43.7 Å². The fraction of sp³-hybridized carbons (Fsp3) is 0.432. The molecule has 0 unspecified atom stereocenters. The number of H-pyrrole nitrogens is 1. The molecule has 0 aliphatic carbocycles. The van der Waals surface area contributed by atoms with Gasteiger partial charge in [0.05, 0.1) is 17.2 Å². The summed E-state index contributed by atoms with van der Waals surface area (Å²) in [6.45, 7) is 13.7. The second kappa shape index (κ2) is 14.1. The van der Waals surface area contributed by atoms with Crippen molar-refractivity contribution >= 4 is 35.1 Å². The van der Waals surface area contributed by atoms with Crippen molar-refractivity contribution in [2.45, 2.75) is 52.5 Å². The number of piperazine rings is 1. The van der Waals surface area contributed by atoms with Gasteiger partial charge in [0.25, 0.3) is 17.7 Å². The summed E-state index contributed by atoms with van der Waals surface area (Å²) in [6, 6.07) is 15.1. The van der Waals surface area contributed by atoms with Crippen molar-refractivity contribution in [1.82, 2.24) is 25.0 Å². The number of hydrogen-bond acceptors (Lipinski definition) is 5. The van der Waals surface area contributed by atoms with Crippen molar-refractivity contribution in [3.8, 4) is 0 Å². The van der Waals surface area contributed by atoms with E-state index in [2.05, 4.69) is 25.4 Å². The van der Waals surface area contributed by atoms with Crippen molar-refractivity contribution in [2.24, 2.45) is 0 Å². The zero-order chi connectivity index (χ0) is 32.2. The van der Waals surface area contributed by atoms with E-state index in [9.17, 15) is 14.4 Å². The molecule has 3 amide bonds. The monoisotopic (exact) mass is 622 g/mol. The number of aryl methyl sites for hydroxylation is 1. The first-order valence-corrected chi connectivity index (χ1v) is 16.8. The molecule has 1 aromatic heterocycles. The van der Waals surface area contributed by atoms with E-state index in [0.29, 0.717) is 41.0 Å². The Hall–Kier alpha value is -4.21. The summed E-state index contributed by atoms with van der Waals surface area (Å²) in [5, 5.41) is 6.06. The van der Waals surface area contributed by atoms with E-state index >= 15 is 0 Å². The van der Waals surface area contributed by atoms with Gasteiger partial charge >= 0.3 is 0 Å². The van der Waals surface area contributed by atoms with Crippen LogP contribution in [0.5, 0.6) is 0 Å². The second-order valence-corrected chi connectivity index (χ2v) is 12.8. The molecular formula is C37H46N6O3. The number of rotatable bonds is 9. The van der Waals surface area contributed by atoms with E-state index in [-0.39, 0.29) is 23.8 Å². The molecule has 0 radical (unpaired) electrons. The van der Waals surface area contributed by atoms with Crippen LogP contribution in [0.4, 0.5) is 5.69 Å². The Morgan fingerprint density at radius 2 is 1.61 bits per heavy atom. The lowest BCUT2D eigenvalue weighted by atomic mass is 10.0. The van der Waals surface area contributed by atoms with Crippen molar-refractivity contribution < 1.29 is 14.4 Å². The maximum absolute atomic E-state index is 13.7.